The van der Waals surface area contributed by atoms with Crippen LogP contribution in [0, 0.1) is 11.8 Å². The van der Waals surface area contributed by atoms with E-state index in [1.165, 1.54) is 0 Å². The van der Waals surface area contributed by atoms with Gasteiger partial charge in [-0.2, -0.15) is 0 Å². The predicted molar refractivity (Wildman–Crippen MR) is 121 cm³/mol. The predicted octanol–water partition coefficient (Wildman–Crippen LogP) is 2.69. The summed E-state index contributed by atoms with van der Waals surface area (Å²) in [6, 6.07) is 0. The lowest BCUT2D eigenvalue weighted by Gasteiger charge is -2.36. The molecule has 2 aliphatic rings. The Morgan fingerprint density at radius 1 is 1.30 bits per heavy atom. The molecule has 1 aliphatic carbocycles. The van der Waals surface area contributed by atoms with E-state index in [1.807, 2.05) is 19.9 Å². The van der Waals surface area contributed by atoms with E-state index >= 15 is 0 Å². The first kappa shape index (κ1) is 27.0. The third-order valence-electron chi connectivity index (χ3n) is 6.08. The highest BCUT2D eigenvalue weighted by Gasteiger charge is 2.52. The van der Waals surface area contributed by atoms with E-state index in [0.717, 1.165) is 6.29 Å². The van der Waals surface area contributed by atoms with Gasteiger partial charge in [0.1, 0.15) is 24.6 Å². The number of ether oxygens (including phenoxy) is 4. The molecule has 1 aliphatic heterocycles. The van der Waals surface area contributed by atoms with Gasteiger partial charge in [-0.1, -0.05) is 12.2 Å². The van der Waals surface area contributed by atoms with Gasteiger partial charge in [-0.3, -0.25) is 4.79 Å². The van der Waals surface area contributed by atoms with Crippen LogP contribution in [0.5, 0.6) is 0 Å². The summed E-state index contributed by atoms with van der Waals surface area (Å²) in [6.45, 7) is 7.67. The van der Waals surface area contributed by atoms with Gasteiger partial charge < -0.3 is 28.8 Å². The van der Waals surface area contributed by atoms with Gasteiger partial charge >= 0.3 is 11.9 Å². The van der Waals surface area contributed by atoms with E-state index in [1.54, 1.807) is 26.0 Å². The van der Waals surface area contributed by atoms with Gasteiger partial charge in [-0.25, -0.2) is 4.79 Å². The van der Waals surface area contributed by atoms with Crippen LogP contribution < -0.4 is 0 Å². The van der Waals surface area contributed by atoms with Gasteiger partial charge in [0.15, 0.2) is 0 Å². The fourth-order valence-corrected chi connectivity index (χ4v) is 4.24. The molecule has 5 atom stereocenters. The number of hydrogen-bond donors (Lipinski definition) is 1. The number of rotatable bonds is 10. The number of aldehydes is 1. The van der Waals surface area contributed by atoms with Gasteiger partial charge in [-0.05, 0) is 57.8 Å². The second-order valence-electron chi connectivity index (χ2n) is 8.13. The Kier molecular flexibility index (Phi) is 11.0. The third-order valence-corrected chi connectivity index (χ3v) is 6.08. The van der Waals surface area contributed by atoms with Crippen molar-refractivity contribution in [3.8, 4) is 0 Å². The average molecular weight is 465 g/mol. The van der Waals surface area contributed by atoms with Gasteiger partial charge in [0, 0.05) is 25.2 Å². The molecule has 0 saturated carbocycles. The first-order valence-electron chi connectivity index (χ1n) is 11.6. The van der Waals surface area contributed by atoms with Crippen molar-refractivity contribution in [2.45, 2.75) is 65.3 Å². The van der Waals surface area contributed by atoms with E-state index in [4.69, 9.17) is 18.9 Å². The number of hydrogen-bond acceptors (Lipinski definition) is 8. The van der Waals surface area contributed by atoms with Gasteiger partial charge in [0.25, 0.3) is 0 Å². The molecular weight excluding hydrogens is 428 g/mol. The molecule has 2 rings (SSSR count). The zero-order valence-electron chi connectivity index (χ0n) is 20.0. The maximum Gasteiger partial charge on any atom is 0.333 e. The summed E-state index contributed by atoms with van der Waals surface area (Å²) in [5.74, 6) is -2.31. The molecule has 0 spiro atoms. The van der Waals surface area contributed by atoms with Crippen molar-refractivity contribution in [1.29, 1.82) is 0 Å². The number of esters is 2. The van der Waals surface area contributed by atoms with Crippen LogP contribution in [0.25, 0.3) is 0 Å². The highest BCUT2D eigenvalue weighted by molar-refractivity contribution is 5.88. The minimum Gasteiger partial charge on any atom is -0.457 e. The molecule has 8 heteroatoms. The highest BCUT2D eigenvalue weighted by Crippen LogP contribution is 2.39. The Hall–Kier alpha value is -2.29. The maximum absolute atomic E-state index is 12.9. The number of carbonyl (C=O) groups excluding carboxylic acids is 3. The van der Waals surface area contributed by atoms with Crippen LogP contribution in [0.1, 0.15) is 47.0 Å². The summed E-state index contributed by atoms with van der Waals surface area (Å²) in [7, 11) is 0. The Bertz CT molecular complexity index is 781. The van der Waals surface area contributed by atoms with E-state index in [-0.39, 0.29) is 19.6 Å². The van der Waals surface area contributed by atoms with Crippen molar-refractivity contribution in [2.24, 2.45) is 11.8 Å². The summed E-state index contributed by atoms with van der Waals surface area (Å²) >= 11 is 0. The van der Waals surface area contributed by atoms with Crippen molar-refractivity contribution in [3.63, 3.8) is 0 Å². The first-order valence-corrected chi connectivity index (χ1v) is 11.6. The molecule has 1 heterocycles. The SMILES string of the molecule is C/C=C(/C)C(=O)O[C@H]1[C@H]2[C@H](COCC)C(=O)O[C@@H]2/C=C(\CO)CC/C=C(/CC=O)[C@@H]1OCC. The van der Waals surface area contributed by atoms with Crippen LogP contribution in [0.4, 0.5) is 0 Å². The fraction of sp³-hybridized carbons (Fsp3) is 0.640. The smallest absolute Gasteiger partial charge is 0.333 e. The largest absolute Gasteiger partial charge is 0.457 e. The van der Waals surface area contributed by atoms with Crippen molar-refractivity contribution >= 4 is 18.2 Å². The topological polar surface area (TPSA) is 108 Å². The standard InChI is InChI=1S/C25H36O8/c1-5-16(4)24(28)33-23-21-19(15-30-6-2)25(29)32-20(21)13-17(14-27)9-8-10-18(11-12-26)22(23)31-7-3/h5,10,12-13,19-23,27H,6-9,11,14-15H2,1-4H3/b16-5-,17-13-,18-10-/t19-,20+,21-,22-,23-/m0/s1. The molecule has 0 aromatic rings. The number of carbonyl (C=O) groups is 3. The Balaban J connectivity index is 2.66. The molecule has 0 bridgehead atoms. The first-order chi connectivity index (χ1) is 15.9. The normalized spacial score (nSPS) is 31.5. The lowest BCUT2D eigenvalue weighted by molar-refractivity contribution is -0.159. The van der Waals surface area contributed by atoms with Gasteiger partial charge in [0.2, 0.25) is 0 Å². The summed E-state index contributed by atoms with van der Waals surface area (Å²) in [5, 5.41) is 9.86. The molecule has 8 nitrogen and oxygen atoms in total. The molecule has 1 N–H and O–H groups in total. The zero-order chi connectivity index (χ0) is 24.4. The van der Waals surface area contributed by atoms with Gasteiger partial charge in [0.05, 0.1) is 25.0 Å². The lowest BCUT2D eigenvalue weighted by atomic mass is 9.79. The monoisotopic (exact) mass is 464 g/mol. The number of aliphatic hydroxyl groups excluding tert-OH is 1. The molecule has 33 heavy (non-hydrogen) atoms. The minimum absolute atomic E-state index is 0.0982. The number of fused-ring (bicyclic) bond motifs is 1. The Morgan fingerprint density at radius 3 is 2.67 bits per heavy atom. The van der Waals surface area contributed by atoms with Crippen molar-refractivity contribution < 1.29 is 38.4 Å². The number of aliphatic hydroxyl groups is 1. The van der Waals surface area contributed by atoms with E-state index in [0.29, 0.717) is 42.8 Å². The molecule has 1 saturated heterocycles. The molecule has 0 unspecified atom stereocenters. The van der Waals surface area contributed by atoms with Crippen molar-refractivity contribution in [1.82, 2.24) is 0 Å². The molecule has 0 aromatic heterocycles. The average Bonchev–Trinajstić information content (AvgIpc) is 3.11. The van der Waals surface area contributed by atoms with Crippen LogP contribution in [-0.4, -0.2) is 68.1 Å². The summed E-state index contributed by atoms with van der Waals surface area (Å²) in [4.78, 5) is 37.2. The third kappa shape index (κ3) is 6.85. The van der Waals surface area contributed by atoms with E-state index in [9.17, 15) is 19.5 Å². The van der Waals surface area contributed by atoms with Crippen LogP contribution in [-0.2, 0) is 33.3 Å². The van der Waals surface area contributed by atoms with Crippen molar-refractivity contribution in [2.75, 3.05) is 26.4 Å². The lowest BCUT2D eigenvalue weighted by Crippen LogP contribution is -2.47. The van der Waals surface area contributed by atoms with Crippen molar-refractivity contribution in [3.05, 3.63) is 34.9 Å². The summed E-state index contributed by atoms with van der Waals surface area (Å²) < 4.78 is 23.3. The summed E-state index contributed by atoms with van der Waals surface area (Å²) in [5.41, 5.74) is 1.80. The fourth-order valence-electron chi connectivity index (χ4n) is 4.24. The molecule has 0 aromatic carbocycles. The second kappa shape index (κ2) is 13.4. The van der Waals surface area contributed by atoms with Crippen LogP contribution in [0.3, 0.4) is 0 Å². The van der Waals surface area contributed by atoms with E-state index < -0.39 is 42.1 Å². The van der Waals surface area contributed by atoms with Crippen LogP contribution >= 0.6 is 0 Å². The second-order valence-corrected chi connectivity index (χ2v) is 8.13. The molecular formula is C25H36O8. The highest BCUT2D eigenvalue weighted by atomic mass is 16.6. The Labute approximate surface area is 195 Å². The zero-order valence-corrected chi connectivity index (χ0v) is 20.0. The number of allylic oxidation sites excluding steroid dienone is 2. The van der Waals surface area contributed by atoms with Crippen LogP contribution in [0.15, 0.2) is 34.9 Å². The quantitative estimate of drug-likeness (QED) is 0.228. The minimum atomic E-state index is -0.908. The molecule has 1 fully saturated rings. The van der Waals surface area contributed by atoms with Crippen LogP contribution in [0.2, 0.25) is 0 Å². The van der Waals surface area contributed by atoms with Gasteiger partial charge in [-0.15, -0.1) is 0 Å². The van der Waals surface area contributed by atoms with E-state index in [2.05, 4.69) is 0 Å². The Morgan fingerprint density at radius 2 is 2.06 bits per heavy atom. The molecule has 0 radical (unpaired) electrons. The maximum atomic E-state index is 12.9. The summed E-state index contributed by atoms with van der Waals surface area (Å²) in [6.07, 6.45) is 4.91. The molecule has 184 valence electrons. The molecule has 0 amide bonds.